The van der Waals surface area contributed by atoms with Gasteiger partial charge in [-0.05, 0) is 62.7 Å². The lowest BCUT2D eigenvalue weighted by molar-refractivity contribution is -0.124. The van der Waals surface area contributed by atoms with E-state index in [2.05, 4.69) is 16.4 Å². The molecule has 1 amide bonds. The molecular formula is C24H28N4O3. The van der Waals surface area contributed by atoms with Gasteiger partial charge in [-0.15, -0.1) is 0 Å². The molecule has 0 spiro atoms. The second kappa shape index (κ2) is 9.32. The molecular weight excluding hydrogens is 392 g/mol. The third-order valence-electron chi connectivity index (χ3n) is 5.82. The van der Waals surface area contributed by atoms with Gasteiger partial charge in [-0.3, -0.25) is 10.0 Å². The summed E-state index contributed by atoms with van der Waals surface area (Å²) in [5.41, 5.74) is 5.39. The van der Waals surface area contributed by atoms with Crippen LogP contribution in [0.15, 0.2) is 53.2 Å². The summed E-state index contributed by atoms with van der Waals surface area (Å²) in [6.45, 7) is 7.35. The summed E-state index contributed by atoms with van der Waals surface area (Å²) in [6, 6.07) is 12.1. The zero-order valence-electron chi connectivity index (χ0n) is 17.9. The summed E-state index contributed by atoms with van der Waals surface area (Å²) >= 11 is 0. The predicted molar refractivity (Wildman–Crippen MR) is 119 cm³/mol. The van der Waals surface area contributed by atoms with Gasteiger partial charge in [-0.25, -0.2) is 10.5 Å². The van der Waals surface area contributed by atoms with E-state index in [9.17, 15) is 4.79 Å². The number of amides is 1. The van der Waals surface area contributed by atoms with Crippen molar-refractivity contribution in [3.05, 3.63) is 60.0 Å². The summed E-state index contributed by atoms with van der Waals surface area (Å²) in [6.07, 6.45) is 6.89. The maximum absolute atomic E-state index is 11.4. The molecule has 7 nitrogen and oxygen atoms in total. The number of furan rings is 1. The highest BCUT2D eigenvalue weighted by Gasteiger charge is 2.28. The lowest BCUT2D eigenvalue weighted by Gasteiger charge is -2.34. The molecule has 7 heteroatoms. The molecule has 1 atom stereocenters. The molecule has 1 fully saturated rings. The normalized spacial score (nSPS) is 17.3. The molecule has 1 aliphatic rings. The maximum Gasteiger partial charge on any atom is 0.267 e. The Labute approximate surface area is 182 Å². The number of aryl methyl sites for hydroxylation is 1. The number of hydroxylamine groups is 1. The molecule has 3 heterocycles. The number of hydrogen-bond acceptors (Lipinski definition) is 5. The van der Waals surface area contributed by atoms with E-state index in [1.54, 1.807) is 17.8 Å². The zero-order chi connectivity index (χ0) is 21.8. The van der Waals surface area contributed by atoms with Crippen molar-refractivity contribution in [2.45, 2.75) is 32.7 Å². The van der Waals surface area contributed by atoms with Gasteiger partial charge in [0.15, 0.2) is 5.76 Å². The molecule has 0 aliphatic carbocycles. The second-order valence-corrected chi connectivity index (χ2v) is 7.84. The average molecular weight is 421 g/mol. The van der Waals surface area contributed by atoms with Crippen molar-refractivity contribution < 1.29 is 14.4 Å². The average Bonchev–Trinajstić information content (AvgIpc) is 3.45. The third kappa shape index (κ3) is 4.47. The molecule has 2 aromatic heterocycles. The number of piperidine rings is 1. The molecule has 0 bridgehead atoms. The van der Waals surface area contributed by atoms with E-state index in [0.717, 1.165) is 66.6 Å². The summed E-state index contributed by atoms with van der Waals surface area (Å²) in [5, 5.41) is 8.71. The largest absolute Gasteiger partial charge is 0.463 e. The molecule has 2 N–H and O–H groups in total. The van der Waals surface area contributed by atoms with Crippen LogP contribution < -0.4 is 5.48 Å². The van der Waals surface area contributed by atoms with Gasteiger partial charge in [-0.1, -0.05) is 25.1 Å². The minimum Gasteiger partial charge on any atom is -0.463 e. The Bertz CT molecular complexity index is 1070. The van der Waals surface area contributed by atoms with Crippen LogP contribution in [-0.2, 0) is 4.79 Å². The van der Waals surface area contributed by atoms with Gasteiger partial charge < -0.3 is 13.9 Å². The fourth-order valence-corrected chi connectivity index (χ4v) is 4.34. The SMILES string of the molecule is CCN1CCCC(n2c(-c3cccc(/C=C/C(=O)NO)c3)nc(C)c2-c2ccco2)C1. The first kappa shape index (κ1) is 21.1. The molecule has 4 rings (SSSR count). The second-order valence-electron chi connectivity index (χ2n) is 7.84. The highest BCUT2D eigenvalue weighted by atomic mass is 16.5. The summed E-state index contributed by atoms with van der Waals surface area (Å²) in [4.78, 5) is 18.8. The van der Waals surface area contributed by atoms with Crippen LogP contribution in [0.3, 0.4) is 0 Å². The standard InChI is InChI=1S/C24H28N4O3/c1-3-27-13-5-9-20(16-27)28-23(21-10-6-14-31-21)17(2)25-24(28)19-8-4-7-18(15-19)11-12-22(29)26-30/h4,6-8,10-12,14-15,20,30H,3,5,9,13,16H2,1-2H3,(H,26,29)/b12-11+. The number of rotatable bonds is 6. The number of likely N-dealkylation sites (N-methyl/N-ethyl adjacent to an activating group) is 1. The minimum absolute atomic E-state index is 0.296. The number of likely N-dealkylation sites (tertiary alicyclic amines) is 1. The number of hydrogen-bond donors (Lipinski definition) is 2. The Kier molecular flexibility index (Phi) is 6.34. The van der Waals surface area contributed by atoms with Gasteiger partial charge in [0.2, 0.25) is 0 Å². The van der Waals surface area contributed by atoms with Crippen LogP contribution in [0, 0.1) is 6.92 Å². The Balaban J connectivity index is 1.81. The van der Waals surface area contributed by atoms with E-state index in [4.69, 9.17) is 14.6 Å². The molecule has 1 aromatic carbocycles. The Hall–Kier alpha value is -3.16. The summed E-state index contributed by atoms with van der Waals surface area (Å²) in [5.74, 6) is 1.15. The maximum atomic E-state index is 11.4. The topological polar surface area (TPSA) is 83.5 Å². The van der Waals surface area contributed by atoms with Gasteiger partial charge in [0.25, 0.3) is 5.91 Å². The van der Waals surface area contributed by atoms with Crippen LogP contribution in [0.25, 0.3) is 28.9 Å². The third-order valence-corrected chi connectivity index (χ3v) is 5.82. The van der Waals surface area contributed by atoms with Crippen LogP contribution in [-0.4, -0.2) is 45.2 Å². The van der Waals surface area contributed by atoms with E-state index in [1.165, 1.54) is 6.08 Å². The number of benzene rings is 1. The van der Waals surface area contributed by atoms with Crippen LogP contribution in [0.1, 0.15) is 37.1 Å². The molecule has 0 radical (unpaired) electrons. The number of carbonyl (C=O) groups excluding carboxylic acids is 1. The molecule has 0 saturated carbocycles. The van der Waals surface area contributed by atoms with Crippen LogP contribution in [0.4, 0.5) is 0 Å². The smallest absolute Gasteiger partial charge is 0.267 e. The first-order chi connectivity index (χ1) is 15.1. The fourth-order valence-electron chi connectivity index (χ4n) is 4.34. The van der Waals surface area contributed by atoms with E-state index in [-0.39, 0.29) is 0 Å². The molecule has 1 saturated heterocycles. The molecule has 3 aromatic rings. The van der Waals surface area contributed by atoms with E-state index in [0.29, 0.717) is 6.04 Å². The van der Waals surface area contributed by atoms with Gasteiger partial charge in [0, 0.05) is 24.2 Å². The van der Waals surface area contributed by atoms with Crippen LogP contribution in [0.2, 0.25) is 0 Å². The molecule has 31 heavy (non-hydrogen) atoms. The van der Waals surface area contributed by atoms with Crippen molar-refractivity contribution in [3.63, 3.8) is 0 Å². The van der Waals surface area contributed by atoms with Crippen LogP contribution in [0.5, 0.6) is 0 Å². The van der Waals surface area contributed by atoms with Gasteiger partial charge in [-0.2, -0.15) is 0 Å². The molecule has 162 valence electrons. The Morgan fingerprint density at radius 2 is 2.23 bits per heavy atom. The number of imidazole rings is 1. The van der Waals surface area contributed by atoms with E-state index in [1.807, 2.05) is 43.3 Å². The molecule has 1 aliphatic heterocycles. The van der Waals surface area contributed by atoms with Gasteiger partial charge in [0.05, 0.1) is 12.0 Å². The van der Waals surface area contributed by atoms with Crippen molar-refractivity contribution in [2.24, 2.45) is 0 Å². The van der Waals surface area contributed by atoms with Crippen molar-refractivity contribution in [2.75, 3.05) is 19.6 Å². The summed E-state index contributed by atoms with van der Waals surface area (Å²) in [7, 11) is 0. The predicted octanol–water partition coefficient (Wildman–Crippen LogP) is 4.29. The Morgan fingerprint density at radius 1 is 1.35 bits per heavy atom. The number of nitrogens with zero attached hydrogens (tertiary/aromatic N) is 3. The van der Waals surface area contributed by atoms with Crippen molar-refractivity contribution in [3.8, 4) is 22.8 Å². The number of carbonyl (C=O) groups is 1. The van der Waals surface area contributed by atoms with Gasteiger partial charge in [0.1, 0.15) is 11.5 Å². The lowest BCUT2D eigenvalue weighted by Crippen LogP contribution is -2.36. The fraction of sp³-hybridized carbons (Fsp3) is 0.333. The van der Waals surface area contributed by atoms with E-state index >= 15 is 0 Å². The minimum atomic E-state index is -0.565. The number of nitrogens with one attached hydrogen (secondary N) is 1. The summed E-state index contributed by atoms with van der Waals surface area (Å²) < 4.78 is 8.11. The van der Waals surface area contributed by atoms with E-state index < -0.39 is 5.91 Å². The lowest BCUT2D eigenvalue weighted by atomic mass is 10.0. The van der Waals surface area contributed by atoms with Crippen LogP contribution >= 0.6 is 0 Å². The highest BCUT2D eigenvalue weighted by molar-refractivity contribution is 5.91. The Morgan fingerprint density at radius 3 is 2.97 bits per heavy atom. The van der Waals surface area contributed by atoms with Crippen molar-refractivity contribution in [1.29, 1.82) is 0 Å². The quantitative estimate of drug-likeness (QED) is 0.353. The number of aromatic nitrogens is 2. The first-order valence-corrected chi connectivity index (χ1v) is 10.7. The zero-order valence-corrected chi connectivity index (χ0v) is 17.9. The van der Waals surface area contributed by atoms with Crippen molar-refractivity contribution >= 4 is 12.0 Å². The van der Waals surface area contributed by atoms with Crippen molar-refractivity contribution in [1.82, 2.24) is 19.9 Å². The monoisotopic (exact) mass is 420 g/mol. The van der Waals surface area contributed by atoms with Gasteiger partial charge >= 0.3 is 0 Å². The first-order valence-electron chi connectivity index (χ1n) is 10.7. The molecule has 1 unspecified atom stereocenters. The highest BCUT2D eigenvalue weighted by Crippen LogP contribution is 2.36.